The average molecular weight is 132 g/mol. The molecule has 1 aliphatic carbocycles. The van der Waals surface area contributed by atoms with E-state index in [9.17, 15) is 0 Å². The van der Waals surface area contributed by atoms with Crippen LogP contribution >= 0.6 is 0 Å². The van der Waals surface area contributed by atoms with Gasteiger partial charge in [0.15, 0.2) is 0 Å². The lowest BCUT2D eigenvalue weighted by Gasteiger charge is -2.23. The van der Waals surface area contributed by atoms with Gasteiger partial charge >= 0.3 is 0 Å². The molecular formula is C6H12O3. The number of aliphatic hydroxyl groups excluding tert-OH is 1. The fourth-order valence-corrected chi connectivity index (χ4v) is 1.20. The fourth-order valence-electron chi connectivity index (χ4n) is 1.20. The molecule has 1 saturated carbocycles. The topological polar surface area (TPSA) is 49.7 Å². The van der Waals surface area contributed by atoms with Crippen LogP contribution in [-0.2, 0) is 4.89 Å². The maximum absolute atomic E-state index is 9.08. The van der Waals surface area contributed by atoms with E-state index in [0.717, 1.165) is 25.7 Å². The zero-order valence-electron chi connectivity index (χ0n) is 5.29. The maximum atomic E-state index is 9.08. The average Bonchev–Trinajstić information content (AvgIpc) is 1.89. The van der Waals surface area contributed by atoms with Gasteiger partial charge in [0.05, 0.1) is 6.10 Å². The lowest BCUT2D eigenvalue weighted by Crippen LogP contribution is -2.31. The molecule has 0 amide bonds. The van der Waals surface area contributed by atoms with Gasteiger partial charge in [0.1, 0.15) is 6.10 Å². The lowest BCUT2D eigenvalue weighted by atomic mass is 9.95. The van der Waals surface area contributed by atoms with E-state index in [0.29, 0.717) is 0 Å². The summed E-state index contributed by atoms with van der Waals surface area (Å²) in [7, 11) is 0. The van der Waals surface area contributed by atoms with E-state index in [1.807, 2.05) is 0 Å². The Hall–Kier alpha value is -0.120. The van der Waals surface area contributed by atoms with E-state index in [1.54, 1.807) is 0 Å². The maximum Gasteiger partial charge on any atom is 0.118 e. The number of rotatable bonds is 1. The molecule has 2 N–H and O–H groups in total. The summed E-state index contributed by atoms with van der Waals surface area (Å²) in [6, 6.07) is 0. The van der Waals surface area contributed by atoms with Crippen molar-refractivity contribution in [1.82, 2.24) is 0 Å². The van der Waals surface area contributed by atoms with Crippen molar-refractivity contribution in [2.45, 2.75) is 37.9 Å². The number of aliphatic hydroxyl groups is 1. The smallest absolute Gasteiger partial charge is 0.118 e. The van der Waals surface area contributed by atoms with Crippen LogP contribution in [0.1, 0.15) is 25.7 Å². The van der Waals surface area contributed by atoms with Crippen molar-refractivity contribution in [2.75, 3.05) is 0 Å². The minimum absolute atomic E-state index is 0.334. The second-order valence-corrected chi connectivity index (χ2v) is 2.50. The fraction of sp³-hybridized carbons (Fsp3) is 1.00. The van der Waals surface area contributed by atoms with Crippen LogP contribution in [0.15, 0.2) is 0 Å². The second kappa shape index (κ2) is 3.15. The van der Waals surface area contributed by atoms with Crippen molar-refractivity contribution >= 4 is 0 Å². The Kier molecular flexibility index (Phi) is 2.45. The summed E-state index contributed by atoms with van der Waals surface area (Å²) in [5, 5.41) is 17.3. The quantitative estimate of drug-likeness (QED) is 0.409. The molecule has 2 atom stereocenters. The van der Waals surface area contributed by atoms with E-state index in [-0.39, 0.29) is 6.10 Å². The molecule has 0 aromatic rings. The summed E-state index contributed by atoms with van der Waals surface area (Å²) >= 11 is 0. The van der Waals surface area contributed by atoms with Crippen molar-refractivity contribution < 1.29 is 15.3 Å². The van der Waals surface area contributed by atoms with Gasteiger partial charge in [-0.05, 0) is 12.8 Å². The summed E-state index contributed by atoms with van der Waals surface area (Å²) in [4.78, 5) is 4.05. The molecule has 2 unspecified atom stereocenters. The van der Waals surface area contributed by atoms with Gasteiger partial charge in [-0.15, -0.1) is 0 Å². The Morgan fingerprint density at radius 1 is 1.22 bits per heavy atom. The normalized spacial score (nSPS) is 36.7. The molecule has 3 heteroatoms. The molecule has 0 aromatic heterocycles. The molecule has 0 aromatic carbocycles. The molecule has 0 radical (unpaired) electrons. The highest BCUT2D eigenvalue weighted by molar-refractivity contribution is 4.73. The Bertz CT molecular complexity index is 84.4. The first-order valence-corrected chi connectivity index (χ1v) is 3.33. The highest BCUT2D eigenvalue weighted by atomic mass is 17.1. The van der Waals surface area contributed by atoms with Crippen molar-refractivity contribution in [3.63, 3.8) is 0 Å². The van der Waals surface area contributed by atoms with Crippen LogP contribution in [0.25, 0.3) is 0 Å². The second-order valence-electron chi connectivity index (χ2n) is 2.50. The van der Waals surface area contributed by atoms with Gasteiger partial charge in [-0.25, -0.2) is 4.89 Å². The zero-order valence-corrected chi connectivity index (χ0v) is 5.29. The van der Waals surface area contributed by atoms with Crippen molar-refractivity contribution in [3.8, 4) is 0 Å². The minimum atomic E-state index is -0.455. The third-order valence-electron chi connectivity index (χ3n) is 1.80. The standard InChI is InChI=1S/C6H12O3/c7-5-3-1-2-4-6(5)9-8/h5-8H,1-4H2. The van der Waals surface area contributed by atoms with Crippen LogP contribution < -0.4 is 0 Å². The number of hydrogen-bond donors (Lipinski definition) is 2. The summed E-state index contributed by atoms with van der Waals surface area (Å²) < 4.78 is 0. The van der Waals surface area contributed by atoms with Gasteiger partial charge in [-0.2, -0.15) is 0 Å². The van der Waals surface area contributed by atoms with Gasteiger partial charge in [0, 0.05) is 0 Å². The zero-order chi connectivity index (χ0) is 6.69. The highest BCUT2D eigenvalue weighted by Gasteiger charge is 2.23. The first-order valence-electron chi connectivity index (χ1n) is 3.33. The molecule has 9 heavy (non-hydrogen) atoms. The van der Waals surface area contributed by atoms with Gasteiger partial charge in [0.25, 0.3) is 0 Å². The van der Waals surface area contributed by atoms with Crippen molar-refractivity contribution in [3.05, 3.63) is 0 Å². The third kappa shape index (κ3) is 1.64. The van der Waals surface area contributed by atoms with Crippen LogP contribution in [0.3, 0.4) is 0 Å². The Balaban J connectivity index is 2.30. The van der Waals surface area contributed by atoms with Crippen molar-refractivity contribution in [1.29, 1.82) is 0 Å². The molecule has 0 spiro atoms. The predicted molar refractivity (Wildman–Crippen MR) is 32.0 cm³/mol. The SMILES string of the molecule is OOC1CCCCC1O. The minimum Gasteiger partial charge on any atom is -0.390 e. The van der Waals surface area contributed by atoms with Gasteiger partial charge < -0.3 is 5.11 Å². The van der Waals surface area contributed by atoms with E-state index in [4.69, 9.17) is 10.4 Å². The Morgan fingerprint density at radius 2 is 1.89 bits per heavy atom. The predicted octanol–water partition coefficient (Wildman–Crippen LogP) is 0.780. The van der Waals surface area contributed by atoms with E-state index < -0.39 is 6.10 Å². The van der Waals surface area contributed by atoms with Crippen LogP contribution in [0.5, 0.6) is 0 Å². The lowest BCUT2D eigenvalue weighted by molar-refractivity contribution is -0.301. The van der Waals surface area contributed by atoms with Crippen LogP contribution in [0.2, 0.25) is 0 Å². The van der Waals surface area contributed by atoms with Crippen LogP contribution in [-0.4, -0.2) is 22.6 Å². The molecule has 54 valence electrons. The molecule has 0 heterocycles. The molecule has 0 saturated heterocycles. The Labute approximate surface area is 54.2 Å². The molecule has 1 rings (SSSR count). The summed E-state index contributed by atoms with van der Waals surface area (Å²) in [5.41, 5.74) is 0. The first-order chi connectivity index (χ1) is 4.34. The summed E-state index contributed by atoms with van der Waals surface area (Å²) in [6.07, 6.45) is 2.83. The summed E-state index contributed by atoms with van der Waals surface area (Å²) in [6.45, 7) is 0. The van der Waals surface area contributed by atoms with Gasteiger partial charge in [0.2, 0.25) is 0 Å². The van der Waals surface area contributed by atoms with E-state index in [1.165, 1.54) is 0 Å². The van der Waals surface area contributed by atoms with E-state index in [2.05, 4.69) is 4.89 Å². The first kappa shape index (κ1) is 6.99. The molecule has 0 bridgehead atoms. The monoisotopic (exact) mass is 132 g/mol. The highest BCUT2D eigenvalue weighted by Crippen LogP contribution is 2.19. The molecule has 1 fully saturated rings. The molecule has 1 aliphatic rings. The molecular weight excluding hydrogens is 120 g/mol. The third-order valence-corrected chi connectivity index (χ3v) is 1.80. The molecule has 0 aliphatic heterocycles. The van der Waals surface area contributed by atoms with Crippen molar-refractivity contribution in [2.24, 2.45) is 0 Å². The van der Waals surface area contributed by atoms with E-state index >= 15 is 0 Å². The molecule has 3 nitrogen and oxygen atoms in total. The Morgan fingerprint density at radius 3 is 2.33 bits per heavy atom. The van der Waals surface area contributed by atoms with Crippen LogP contribution in [0, 0.1) is 0 Å². The van der Waals surface area contributed by atoms with Crippen LogP contribution in [0.4, 0.5) is 0 Å². The number of hydrogen-bond acceptors (Lipinski definition) is 3. The largest absolute Gasteiger partial charge is 0.390 e. The van der Waals surface area contributed by atoms with Gasteiger partial charge in [-0.3, -0.25) is 5.26 Å². The summed E-state index contributed by atoms with van der Waals surface area (Å²) in [5.74, 6) is 0. The van der Waals surface area contributed by atoms with Gasteiger partial charge in [-0.1, -0.05) is 12.8 Å².